The lowest BCUT2D eigenvalue weighted by atomic mass is 10.5. The minimum absolute atomic E-state index is 0.213. The lowest BCUT2D eigenvalue weighted by Gasteiger charge is -2.07. The Bertz CT molecular complexity index is 472. The van der Waals surface area contributed by atoms with Gasteiger partial charge in [-0.25, -0.2) is 0 Å². The molecule has 0 spiro atoms. The van der Waals surface area contributed by atoms with Crippen molar-refractivity contribution in [3.8, 4) is 5.88 Å². The fourth-order valence-corrected chi connectivity index (χ4v) is 1.94. The molecule has 3 N–H and O–H groups in total. The van der Waals surface area contributed by atoms with Crippen LogP contribution in [-0.2, 0) is 6.61 Å². The highest BCUT2D eigenvalue weighted by atomic mass is 32.1. The number of nitrogen functional groups attached to an aromatic ring is 1. The smallest absolute Gasteiger partial charge is 0.225 e. The van der Waals surface area contributed by atoms with Crippen LogP contribution in [0.3, 0.4) is 0 Å². The van der Waals surface area contributed by atoms with Gasteiger partial charge in [0, 0.05) is 17.5 Å². The highest BCUT2D eigenvalue weighted by Gasteiger charge is 2.03. The van der Waals surface area contributed by atoms with Crippen LogP contribution in [0.2, 0.25) is 0 Å². The molecule has 6 heteroatoms. The van der Waals surface area contributed by atoms with Crippen LogP contribution in [0.5, 0.6) is 5.88 Å². The Balaban J connectivity index is 2.04. The summed E-state index contributed by atoms with van der Waals surface area (Å²) in [6.45, 7) is 3.27. The average molecular weight is 250 g/mol. The molecular formula is C11H14N4OS. The third-order valence-electron chi connectivity index (χ3n) is 2.02. The third kappa shape index (κ3) is 3.32. The number of nitrogens with two attached hydrogens (primary N) is 1. The fraction of sp³-hybridized carbons (Fsp3) is 0.273. The Morgan fingerprint density at radius 3 is 3.06 bits per heavy atom. The summed E-state index contributed by atoms with van der Waals surface area (Å²) in [4.78, 5) is 9.22. The molecule has 0 aliphatic carbocycles. The summed E-state index contributed by atoms with van der Waals surface area (Å²) in [6.07, 6.45) is 0. The van der Waals surface area contributed by atoms with Crippen molar-refractivity contribution in [3.63, 3.8) is 0 Å². The van der Waals surface area contributed by atoms with E-state index in [2.05, 4.69) is 15.3 Å². The van der Waals surface area contributed by atoms with E-state index < -0.39 is 0 Å². The zero-order chi connectivity index (χ0) is 12.1. The van der Waals surface area contributed by atoms with Crippen molar-refractivity contribution >= 4 is 23.1 Å². The van der Waals surface area contributed by atoms with Gasteiger partial charge in [0.15, 0.2) is 0 Å². The maximum Gasteiger partial charge on any atom is 0.225 e. The number of thiophene rings is 1. The van der Waals surface area contributed by atoms with Crippen molar-refractivity contribution in [2.45, 2.75) is 13.5 Å². The molecule has 0 atom stereocenters. The van der Waals surface area contributed by atoms with Crippen LogP contribution < -0.4 is 15.8 Å². The number of nitrogens with one attached hydrogen (secondary N) is 1. The monoisotopic (exact) mass is 250 g/mol. The van der Waals surface area contributed by atoms with E-state index in [1.165, 1.54) is 0 Å². The van der Waals surface area contributed by atoms with Gasteiger partial charge >= 0.3 is 0 Å². The summed E-state index contributed by atoms with van der Waals surface area (Å²) >= 11 is 1.65. The molecule has 2 aromatic rings. The summed E-state index contributed by atoms with van der Waals surface area (Å²) < 4.78 is 5.56. The van der Waals surface area contributed by atoms with E-state index in [9.17, 15) is 0 Å². The van der Waals surface area contributed by atoms with E-state index in [1.54, 1.807) is 17.4 Å². The normalized spacial score (nSPS) is 10.2. The molecule has 0 fully saturated rings. The van der Waals surface area contributed by atoms with Crippen LogP contribution in [0.25, 0.3) is 0 Å². The van der Waals surface area contributed by atoms with Crippen LogP contribution >= 0.6 is 11.3 Å². The SMILES string of the molecule is CCNc1cc(OCc2cccs2)nc(N)n1. The predicted molar refractivity (Wildman–Crippen MR) is 69.3 cm³/mol. The number of hydrogen-bond acceptors (Lipinski definition) is 6. The molecule has 5 nitrogen and oxygen atoms in total. The standard InChI is InChI=1S/C11H14N4OS/c1-2-13-9-6-10(15-11(12)14-9)16-7-8-4-3-5-17-8/h3-6H,2,7H2,1H3,(H3,12,13,14,15). The van der Waals surface area contributed by atoms with Crippen LogP contribution in [-0.4, -0.2) is 16.5 Å². The molecule has 0 saturated heterocycles. The summed E-state index contributed by atoms with van der Waals surface area (Å²) in [6, 6.07) is 5.75. The molecule has 0 bridgehead atoms. The van der Waals surface area contributed by atoms with E-state index >= 15 is 0 Å². The molecule has 0 saturated carbocycles. The molecule has 0 unspecified atom stereocenters. The van der Waals surface area contributed by atoms with Gasteiger partial charge in [-0.05, 0) is 18.4 Å². The van der Waals surface area contributed by atoms with E-state index in [0.29, 0.717) is 18.3 Å². The van der Waals surface area contributed by atoms with Gasteiger partial charge in [0.2, 0.25) is 11.8 Å². The Morgan fingerprint density at radius 2 is 2.35 bits per heavy atom. The van der Waals surface area contributed by atoms with Crippen molar-refractivity contribution < 1.29 is 4.74 Å². The van der Waals surface area contributed by atoms with E-state index in [0.717, 1.165) is 11.4 Å². The largest absolute Gasteiger partial charge is 0.472 e. The Morgan fingerprint density at radius 1 is 1.47 bits per heavy atom. The van der Waals surface area contributed by atoms with E-state index in [4.69, 9.17) is 10.5 Å². The molecule has 2 aromatic heterocycles. The number of aromatic nitrogens is 2. The number of anilines is 2. The Hall–Kier alpha value is -1.82. The van der Waals surface area contributed by atoms with Gasteiger partial charge in [-0.1, -0.05) is 6.07 Å². The molecule has 17 heavy (non-hydrogen) atoms. The third-order valence-corrected chi connectivity index (χ3v) is 2.87. The second-order valence-electron chi connectivity index (χ2n) is 3.35. The van der Waals surface area contributed by atoms with Crippen molar-refractivity contribution in [2.75, 3.05) is 17.6 Å². The molecular weight excluding hydrogens is 236 g/mol. The molecule has 2 rings (SSSR count). The minimum atomic E-state index is 0.213. The highest BCUT2D eigenvalue weighted by Crippen LogP contribution is 2.17. The van der Waals surface area contributed by atoms with Gasteiger partial charge < -0.3 is 15.8 Å². The number of rotatable bonds is 5. The van der Waals surface area contributed by atoms with Gasteiger partial charge in [0.1, 0.15) is 12.4 Å². The Labute approximate surface area is 104 Å². The zero-order valence-electron chi connectivity index (χ0n) is 9.51. The van der Waals surface area contributed by atoms with Crippen LogP contribution in [0, 0.1) is 0 Å². The van der Waals surface area contributed by atoms with E-state index in [1.807, 2.05) is 24.4 Å². The summed E-state index contributed by atoms with van der Waals surface area (Å²) in [5, 5.41) is 5.08. The van der Waals surface area contributed by atoms with Crippen molar-refractivity contribution in [2.24, 2.45) is 0 Å². The lowest BCUT2D eigenvalue weighted by Crippen LogP contribution is -2.05. The first-order chi connectivity index (χ1) is 8.28. The first-order valence-electron chi connectivity index (χ1n) is 5.31. The molecule has 90 valence electrons. The molecule has 0 radical (unpaired) electrons. The number of ether oxygens (including phenoxy) is 1. The summed E-state index contributed by atoms with van der Waals surface area (Å²) in [5.74, 6) is 1.38. The number of nitrogens with zero attached hydrogens (tertiary/aromatic N) is 2. The second-order valence-corrected chi connectivity index (χ2v) is 4.38. The first kappa shape index (κ1) is 11.7. The van der Waals surface area contributed by atoms with Crippen LogP contribution in [0.4, 0.5) is 11.8 Å². The minimum Gasteiger partial charge on any atom is -0.472 e. The van der Waals surface area contributed by atoms with Gasteiger partial charge in [0.05, 0.1) is 0 Å². The highest BCUT2D eigenvalue weighted by molar-refractivity contribution is 7.09. The fourth-order valence-electron chi connectivity index (χ4n) is 1.33. The quantitative estimate of drug-likeness (QED) is 0.850. The molecule has 0 amide bonds. The zero-order valence-corrected chi connectivity index (χ0v) is 10.3. The Kier molecular flexibility index (Phi) is 3.77. The van der Waals surface area contributed by atoms with Crippen molar-refractivity contribution in [1.29, 1.82) is 0 Å². The van der Waals surface area contributed by atoms with Crippen LogP contribution in [0.15, 0.2) is 23.6 Å². The van der Waals surface area contributed by atoms with Crippen molar-refractivity contribution in [3.05, 3.63) is 28.5 Å². The summed E-state index contributed by atoms with van der Waals surface area (Å²) in [7, 11) is 0. The average Bonchev–Trinajstić information content (AvgIpc) is 2.79. The van der Waals surface area contributed by atoms with Gasteiger partial charge in [-0.3, -0.25) is 0 Å². The lowest BCUT2D eigenvalue weighted by molar-refractivity contribution is 0.297. The second kappa shape index (κ2) is 5.49. The molecule has 0 aliphatic rings. The van der Waals surface area contributed by atoms with Gasteiger partial charge in [-0.15, -0.1) is 11.3 Å². The molecule has 0 aliphatic heterocycles. The molecule has 0 aromatic carbocycles. The first-order valence-corrected chi connectivity index (χ1v) is 6.19. The topological polar surface area (TPSA) is 73.1 Å². The predicted octanol–water partition coefficient (Wildman–Crippen LogP) is 2.13. The van der Waals surface area contributed by atoms with Gasteiger partial charge in [0.25, 0.3) is 0 Å². The maximum atomic E-state index is 5.60. The summed E-state index contributed by atoms with van der Waals surface area (Å²) in [5.41, 5.74) is 5.60. The van der Waals surface area contributed by atoms with E-state index in [-0.39, 0.29) is 5.95 Å². The molecule has 2 heterocycles. The maximum absolute atomic E-state index is 5.60. The van der Waals surface area contributed by atoms with Gasteiger partial charge in [-0.2, -0.15) is 9.97 Å². The van der Waals surface area contributed by atoms with Crippen molar-refractivity contribution in [1.82, 2.24) is 9.97 Å². The van der Waals surface area contributed by atoms with Crippen LogP contribution in [0.1, 0.15) is 11.8 Å². The number of hydrogen-bond donors (Lipinski definition) is 2.